The molecule has 0 radical (unpaired) electrons. The van der Waals surface area contributed by atoms with Gasteiger partial charge >= 0.3 is 220 Å². The maximum Gasteiger partial charge on any atom is -0.147 e. The number of allylic oxidation sites excluding steroid dienone is 4. The summed E-state index contributed by atoms with van der Waals surface area (Å²) in [5.41, 5.74) is 7.47. The molecule has 4 aromatic rings. The van der Waals surface area contributed by atoms with Gasteiger partial charge in [-0.3, -0.25) is 0 Å². The Morgan fingerprint density at radius 3 is 1.47 bits per heavy atom. The van der Waals surface area contributed by atoms with Gasteiger partial charge in [0.15, 0.2) is 0 Å². The van der Waals surface area contributed by atoms with Crippen molar-refractivity contribution < 1.29 is 17.4 Å². The van der Waals surface area contributed by atoms with Crippen LogP contribution in [0.4, 0.5) is 0 Å². The molecule has 38 heavy (non-hydrogen) atoms. The normalized spacial score (nSPS) is 14.9. The molecule has 0 aromatic heterocycles. The van der Waals surface area contributed by atoms with E-state index in [9.17, 15) is 0 Å². The molecule has 0 bridgehead atoms. The minimum Gasteiger partial charge on any atom is -0.147 e. The van der Waals surface area contributed by atoms with E-state index < -0.39 is 17.4 Å². The van der Waals surface area contributed by atoms with Crippen molar-refractivity contribution in [3.05, 3.63) is 141 Å². The van der Waals surface area contributed by atoms with E-state index in [-0.39, 0.29) is 30.2 Å². The van der Waals surface area contributed by atoms with E-state index in [1.165, 1.54) is 27.8 Å². The van der Waals surface area contributed by atoms with Crippen molar-refractivity contribution in [1.82, 2.24) is 0 Å². The van der Waals surface area contributed by atoms with Gasteiger partial charge in [-0.15, -0.1) is 24.8 Å². The summed E-state index contributed by atoms with van der Waals surface area (Å²) in [4.78, 5) is 0. The Bertz CT molecular complexity index is 1510. The summed E-state index contributed by atoms with van der Waals surface area (Å²) in [7, 11) is 0. The van der Waals surface area contributed by atoms with E-state index in [0.717, 1.165) is 6.42 Å². The van der Waals surface area contributed by atoms with Crippen LogP contribution in [0.3, 0.4) is 0 Å². The Balaban J connectivity index is 0.00000168. The van der Waals surface area contributed by atoms with Gasteiger partial charge in [0.1, 0.15) is 0 Å². The average molecular weight is 635 g/mol. The molecule has 0 unspecified atom stereocenters. The van der Waals surface area contributed by atoms with Gasteiger partial charge in [-0.1, -0.05) is 0 Å². The van der Waals surface area contributed by atoms with Crippen molar-refractivity contribution >= 4 is 38.2 Å². The first-order valence-corrected chi connectivity index (χ1v) is 24.1. The zero-order valence-corrected chi connectivity index (χ0v) is 27.9. The number of benzene rings is 4. The molecule has 0 atom stereocenters. The summed E-state index contributed by atoms with van der Waals surface area (Å²) in [5, 5.41) is 0. The van der Waals surface area contributed by atoms with E-state index in [2.05, 4.69) is 149 Å². The summed E-state index contributed by atoms with van der Waals surface area (Å²) in [6, 6.07) is 41.6. The fraction of sp³-hybridized carbons (Fsp3) is 0.176. The van der Waals surface area contributed by atoms with Crippen LogP contribution < -0.4 is 6.54 Å². The molecule has 0 N–H and O–H groups in total. The predicted molar refractivity (Wildman–Crippen MR) is 169 cm³/mol. The maximum atomic E-state index is 2.63. The Morgan fingerprint density at radius 1 is 0.632 bits per heavy atom. The summed E-state index contributed by atoms with van der Waals surface area (Å²) < 4.78 is 5.18. The fourth-order valence-electron chi connectivity index (χ4n) is 6.98. The van der Waals surface area contributed by atoms with Crippen molar-refractivity contribution in [2.75, 3.05) is 0 Å². The molecule has 4 heteroatoms. The van der Waals surface area contributed by atoms with Gasteiger partial charge in [0, 0.05) is 0 Å². The SMILES string of the molecule is CC(C)(C)C1=CC[C]([Zr](=[SiH2])([c]2ccccc2)([c]2ccccc2)[CH]2c3ccccc3-c3ccccc32)=C1.Cl.Cl. The molecule has 0 heterocycles. The fourth-order valence-corrected chi connectivity index (χ4v) is 30.9. The van der Waals surface area contributed by atoms with E-state index >= 15 is 0 Å². The quantitative estimate of drug-likeness (QED) is 0.202. The monoisotopic (exact) mass is 632 g/mol. The second kappa shape index (κ2) is 10.5. The average Bonchev–Trinajstić information content (AvgIpc) is 3.55. The number of halogens is 2. The van der Waals surface area contributed by atoms with Crippen LogP contribution in [0.5, 0.6) is 0 Å². The molecule has 0 saturated carbocycles. The number of rotatable bonds is 4. The number of fused-ring (bicyclic) bond motifs is 3. The first-order valence-electron chi connectivity index (χ1n) is 13.1. The maximum absolute atomic E-state index is 4.33. The third kappa shape index (κ3) is 4.11. The van der Waals surface area contributed by atoms with E-state index in [1.807, 2.05) is 0 Å². The first kappa shape index (κ1) is 29.0. The molecule has 4 aromatic carbocycles. The van der Waals surface area contributed by atoms with Crippen molar-refractivity contribution in [3.63, 3.8) is 0 Å². The van der Waals surface area contributed by atoms with Crippen molar-refractivity contribution in [3.8, 4) is 11.1 Å². The minimum atomic E-state index is -4.33. The van der Waals surface area contributed by atoms with Gasteiger partial charge in [0.05, 0.1) is 0 Å². The van der Waals surface area contributed by atoms with E-state index in [4.69, 9.17) is 0 Å². The van der Waals surface area contributed by atoms with Crippen molar-refractivity contribution in [2.45, 2.75) is 30.8 Å². The van der Waals surface area contributed by atoms with Gasteiger partial charge in [0.2, 0.25) is 0 Å². The third-order valence-electron chi connectivity index (χ3n) is 8.81. The zero-order chi connectivity index (χ0) is 25.0. The van der Waals surface area contributed by atoms with Gasteiger partial charge in [-0.25, -0.2) is 0 Å². The second-order valence-electron chi connectivity index (χ2n) is 11.7. The minimum absolute atomic E-state index is 0. The van der Waals surface area contributed by atoms with Crippen LogP contribution in [-0.2, 0) is 17.4 Å². The molecule has 0 saturated heterocycles. The molecule has 6 rings (SSSR count). The van der Waals surface area contributed by atoms with Crippen LogP contribution in [0.15, 0.2) is 130 Å². The smallest absolute Gasteiger partial charge is 0.147 e. The Morgan fingerprint density at radius 2 is 1.05 bits per heavy atom. The van der Waals surface area contributed by atoms with Crippen LogP contribution in [0.2, 0.25) is 0 Å². The Hall–Kier alpha value is -1.96. The molecule has 2 aliphatic rings. The number of hydrogen-bond donors (Lipinski definition) is 0. The van der Waals surface area contributed by atoms with Gasteiger partial charge < -0.3 is 0 Å². The van der Waals surface area contributed by atoms with Gasteiger partial charge in [0.25, 0.3) is 0 Å². The standard InChI is InChI=1S/C13H9.C9H13.2C6H5.2ClH.H2Si.Zr/c1-3-7-12-10(5-1)9-11-6-2-4-8-13(11)12;1-9(2,3)8-6-4-5-7-8;2*1-2-4-6-5-3-1;;;;/h1-9H;6-7H,4H2,1-3H3;2*1-5H;2*1H;1H2;. The summed E-state index contributed by atoms with van der Waals surface area (Å²) in [5.74, 6) is 0. The largest absolute Gasteiger partial charge is 0.147 e. The van der Waals surface area contributed by atoms with Crippen molar-refractivity contribution in [1.29, 1.82) is 0 Å². The zero-order valence-electron chi connectivity index (χ0n) is 22.4. The summed E-state index contributed by atoms with van der Waals surface area (Å²) in [6.45, 7) is 9.47. The van der Waals surface area contributed by atoms with Crippen LogP contribution in [0, 0.1) is 5.41 Å². The third-order valence-corrected chi connectivity index (χ3v) is 36.0. The molecule has 0 fully saturated rings. The van der Waals surface area contributed by atoms with Crippen LogP contribution >= 0.6 is 24.8 Å². The molecule has 194 valence electrons. The molecule has 0 spiro atoms. The second-order valence-corrected chi connectivity index (χ2v) is 33.8. The Labute approximate surface area is 242 Å². The summed E-state index contributed by atoms with van der Waals surface area (Å²) in [6.07, 6.45) is 6.20. The van der Waals surface area contributed by atoms with Gasteiger partial charge in [-0.2, -0.15) is 0 Å². The molecule has 0 aliphatic heterocycles. The van der Waals surface area contributed by atoms with Crippen LogP contribution in [-0.4, -0.2) is 6.88 Å². The van der Waals surface area contributed by atoms with Crippen LogP contribution in [0.1, 0.15) is 41.9 Å². The Kier molecular flexibility index (Phi) is 8.06. The van der Waals surface area contributed by atoms with Gasteiger partial charge in [-0.05, 0) is 0 Å². The molecule has 0 nitrogen and oxygen atoms in total. The van der Waals surface area contributed by atoms with Crippen molar-refractivity contribution in [2.24, 2.45) is 5.41 Å². The van der Waals surface area contributed by atoms with Crippen LogP contribution in [0.25, 0.3) is 11.1 Å². The predicted octanol–water partition coefficient (Wildman–Crippen LogP) is 7.75. The van der Waals surface area contributed by atoms with E-state index in [1.54, 1.807) is 9.82 Å². The molecule has 0 amide bonds. The topological polar surface area (TPSA) is 0 Å². The molecule has 2 aliphatic carbocycles. The first-order chi connectivity index (χ1) is 17.3. The van der Waals surface area contributed by atoms with E-state index in [0.29, 0.717) is 3.63 Å². The summed E-state index contributed by atoms with van der Waals surface area (Å²) >= 11 is -4.33. The molecular formula is C34H36Cl2SiZr. The molecular weight excluding hydrogens is 599 g/mol. The number of hydrogen-bond acceptors (Lipinski definition) is 0.